The second kappa shape index (κ2) is 10.5. The van der Waals surface area contributed by atoms with Crippen LogP contribution < -0.4 is 4.31 Å². The standard InChI is InChI=1S/C32H23NO5S2/c34-32(35)30-20-26-19-27(14-17-29(26)38-30)33(21-22-8-10-24(11-9-22)23-5-2-1-3-6-23)40(36,37)28-15-12-25(13-16-28)31-7-4-18-39-31/h1-20H,21H2,(H,34,35). The number of rotatable bonds is 8. The van der Waals surface area contributed by atoms with Crippen molar-refractivity contribution in [3.05, 3.63) is 132 Å². The summed E-state index contributed by atoms with van der Waals surface area (Å²) in [5.74, 6) is -1.39. The predicted octanol–water partition coefficient (Wildman–Crippen LogP) is 7.92. The molecular weight excluding hydrogens is 542 g/mol. The normalized spacial score (nSPS) is 11.5. The minimum atomic E-state index is -3.99. The fraction of sp³-hybridized carbons (Fsp3) is 0.0312. The van der Waals surface area contributed by atoms with Crippen LogP contribution in [0.25, 0.3) is 32.5 Å². The van der Waals surface area contributed by atoms with Gasteiger partial charge in [0.1, 0.15) is 5.58 Å². The van der Waals surface area contributed by atoms with E-state index in [4.69, 9.17) is 4.42 Å². The van der Waals surface area contributed by atoms with E-state index in [0.717, 1.165) is 27.1 Å². The number of aromatic carboxylic acids is 1. The maximum atomic E-state index is 14.1. The lowest BCUT2D eigenvalue weighted by Gasteiger charge is -2.25. The van der Waals surface area contributed by atoms with Crippen molar-refractivity contribution in [1.29, 1.82) is 0 Å². The number of carboxylic acids is 1. The van der Waals surface area contributed by atoms with Crippen LogP contribution in [0.5, 0.6) is 0 Å². The minimum absolute atomic E-state index is 0.0826. The molecule has 0 fully saturated rings. The number of nitrogens with zero attached hydrogens (tertiary/aromatic N) is 1. The second-order valence-corrected chi connectivity index (χ2v) is 12.0. The topological polar surface area (TPSA) is 87.8 Å². The van der Waals surface area contributed by atoms with Crippen LogP contribution in [0.2, 0.25) is 0 Å². The number of hydrogen-bond acceptors (Lipinski definition) is 5. The highest BCUT2D eigenvalue weighted by Crippen LogP contribution is 2.32. The summed E-state index contributed by atoms with van der Waals surface area (Å²) in [7, 11) is -3.99. The van der Waals surface area contributed by atoms with Gasteiger partial charge in [0.15, 0.2) is 0 Å². The van der Waals surface area contributed by atoms with Gasteiger partial charge in [-0.3, -0.25) is 4.31 Å². The van der Waals surface area contributed by atoms with Crippen LogP contribution in [-0.2, 0) is 16.6 Å². The Morgan fingerprint density at radius 3 is 2.15 bits per heavy atom. The quantitative estimate of drug-likeness (QED) is 0.203. The minimum Gasteiger partial charge on any atom is -0.475 e. The molecule has 0 saturated carbocycles. The number of furan rings is 1. The van der Waals surface area contributed by atoms with Crippen molar-refractivity contribution in [3.8, 4) is 21.6 Å². The van der Waals surface area contributed by atoms with Crippen molar-refractivity contribution in [2.45, 2.75) is 11.4 Å². The van der Waals surface area contributed by atoms with Gasteiger partial charge in [0.25, 0.3) is 10.0 Å². The van der Waals surface area contributed by atoms with Crippen molar-refractivity contribution in [2.75, 3.05) is 4.31 Å². The van der Waals surface area contributed by atoms with E-state index in [1.54, 1.807) is 41.7 Å². The molecule has 0 aliphatic carbocycles. The highest BCUT2D eigenvalue weighted by atomic mass is 32.2. The van der Waals surface area contributed by atoms with Gasteiger partial charge < -0.3 is 9.52 Å². The van der Waals surface area contributed by atoms with Crippen molar-refractivity contribution in [2.24, 2.45) is 0 Å². The van der Waals surface area contributed by atoms with Crippen LogP contribution in [-0.4, -0.2) is 19.5 Å². The Hall–Kier alpha value is -4.66. The monoisotopic (exact) mass is 565 g/mol. The van der Waals surface area contributed by atoms with E-state index in [2.05, 4.69) is 0 Å². The average Bonchev–Trinajstić information content (AvgIpc) is 3.67. The zero-order chi connectivity index (χ0) is 27.7. The number of fused-ring (bicyclic) bond motifs is 1. The molecule has 8 heteroatoms. The Morgan fingerprint density at radius 2 is 1.48 bits per heavy atom. The molecule has 2 aromatic heterocycles. The Balaban J connectivity index is 1.39. The van der Waals surface area contributed by atoms with Crippen LogP contribution in [0.4, 0.5) is 5.69 Å². The first-order valence-electron chi connectivity index (χ1n) is 12.5. The van der Waals surface area contributed by atoms with Crippen molar-refractivity contribution >= 4 is 44.0 Å². The molecule has 0 radical (unpaired) electrons. The summed E-state index contributed by atoms with van der Waals surface area (Å²) >= 11 is 1.59. The van der Waals surface area contributed by atoms with Gasteiger partial charge in [-0.25, -0.2) is 13.2 Å². The van der Waals surface area contributed by atoms with Crippen LogP contribution in [0.15, 0.2) is 130 Å². The van der Waals surface area contributed by atoms with Gasteiger partial charge in [-0.05, 0) is 70.1 Å². The third-order valence-corrected chi connectivity index (χ3v) is 9.34. The summed E-state index contributed by atoms with van der Waals surface area (Å²) in [4.78, 5) is 12.6. The van der Waals surface area contributed by atoms with Crippen LogP contribution in [0.1, 0.15) is 16.1 Å². The lowest BCUT2D eigenvalue weighted by Crippen LogP contribution is -2.30. The molecule has 0 atom stereocenters. The summed E-state index contributed by atoms with van der Waals surface area (Å²) < 4.78 is 34.9. The number of hydrogen-bond donors (Lipinski definition) is 1. The van der Waals surface area contributed by atoms with E-state index in [1.165, 1.54) is 10.4 Å². The highest BCUT2D eigenvalue weighted by molar-refractivity contribution is 7.92. The third kappa shape index (κ3) is 5.02. The van der Waals surface area contributed by atoms with Gasteiger partial charge in [0.2, 0.25) is 5.76 Å². The van der Waals surface area contributed by atoms with E-state index in [0.29, 0.717) is 16.7 Å². The molecule has 0 saturated heterocycles. The van der Waals surface area contributed by atoms with Gasteiger partial charge >= 0.3 is 5.97 Å². The van der Waals surface area contributed by atoms with E-state index >= 15 is 0 Å². The van der Waals surface area contributed by atoms with Crippen molar-refractivity contribution in [3.63, 3.8) is 0 Å². The molecule has 0 unspecified atom stereocenters. The zero-order valence-electron chi connectivity index (χ0n) is 21.1. The molecule has 0 amide bonds. The first-order chi connectivity index (χ1) is 19.4. The third-order valence-electron chi connectivity index (χ3n) is 6.63. The summed E-state index contributed by atoms with van der Waals surface area (Å²) in [6, 6.07) is 34.8. The first kappa shape index (κ1) is 25.6. The summed E-state index contributed by atoms with van der Waals surface area (Å²) in [6.07, 6.45) is 0. The Bertz CT molecular complexity index is 1890. The van der Waals surface area contributed by atoms with Crippen LogP contribution >= 0.6 is 11.3 Å². The highest BCUT2D eigenvalue weighted by Gasteiger charge is 2.26. The largest absolute Gasteiger partial charge is 0.475 e. The van der Waals surface area contributed by atoms with E-state index < -0.39 is 16.0 Å². The molecule has 0 bridgehead atoms. The Morgan fingerprint density at radius 1 is 0.775 bits per heavy atom. The van der Waals surface area contributed by atoms with Crippen molar-refractivity contribution < 1.29 is 22.7 Å². The summed E-state index contributed by atoms with van der Waals surface area (Å²) in [5, 5.41) is 11.8. The number of carbonyl (C=O) groups is 1. The fourth-order valence-electron chi connectivity index (χ4n) is 4.57. The second-order valence-electron chi connectivity index (χ2n) is 9.21. The SMILES string of the molecule is O=C(O)c1cc2cc(N(Cc3ccc(-c4ccccc4)cc3)S(=O)(=O)c3ccc(-c4cccs4)cc3)ccc2o1. The molecule has 4 aromatic carbocycles. The van der Waals surface area contributed by atoms with Gasteiger partial charge in [-0.15, -0.1) is 11.3 Å². The molecule has 6 nitrogen and oxygen atoms in total. The molecule has 1 N–H and O–H groups in total. The number of sulfonamides is 1. The number of thiophene rings is 1. The molecule has 0 aliphatic heterocycles. The van der Waals surface area contributed by atoms with Crippen molar-refractivity contribution in [1.82, 2.24) is 0 Å². The van der Waals surface area contributed by atoms with Crippen LogP contribution in [0, 0.1) is 0 Å². The number of anilines is 1. The van der Waals surface area contributed by atoms with Crippen LogP contribution in [0.3, 0.4) is 0 Å². The number of carboxylic acid groups (broad SMARTS) is 1. The number of benzene rings is 4. The van der Waals surface area contributed by atoms with Gasteiger partial charge in [-0.2, -0.15) is 0 Å². The Kier molecular flexibility index (Phi) is 6.71. The van der Waals surface area contributed by atoms with Gasteiger partial charge in [-0.1, -0.05) is 72.8 Å². The molecule has 6 rings (SSSR count). The van der Waals surface area contributed by atoms with E-state index in [1.807, 2.05) is 84.2 Å². The smallest absolute Gasteiger partial charge is 0.371 e. The summed E-state index contributed by atoms with van der Waals surface area (Å²) in [5.41, 5.74) is 4.62. The maximum absolute atomic E-state index is 14.1. The lowest BCUT2D eigenvalue weighted by atomic mass is 10.0. The molecule has 6 aromatic rings. The fourth-order valence-corrected chi connectivity index (χ4v) is 6.74. The van der Waals surface area contributed by atoms with Gasteiger partial charge in [0, 0.05) is 10.3 Å². The molecular formula is C32H23NO5S2. The first-order valence-corrected chi connectivity index (χ1v) is 14.8. The summed E-state index contributed by atoms with van der Waals surface area (Å²) in [6.45, 7) is 0.0826. The van der Waals surface area contributed by atoms with Gasteiger partial charge in [0.05, 0.1) is 17.1 Å². The lowest BCUT2D eigenvalue weighted by molar-refractivity contribution is 0.0665. The zero-order valence-corrected chi connectivity index (χ0v) is 22.7. The van der Waals surface area contributed by atoms with E-state index in [-0.39, 0.29) is 17.2 Å². The molecule has 198 valence electrons. The molecule has 40 heavy (non-hydrogen) atoms. The average molecular weight is 566 g/mol. The maximum Gasteiger partial charge on any atom is 0.371 e. The molecule has 0 spiro atoms. The molecule has 2 heterocycles. The molecule has 0 aliphatic rings. The predicted molar refractivity (Wildman–Crippen MR) is 158 cm³/mol. The Labute approximate surface area is 235 Å². The van der Waals surface area contributed by atoms with E-state index in [9.17, 15) is 18.3 Å².